The van der Waals surface area contributed by atoms with Crippen LogP contribution in [-0.4, -0.2) is 46.1 Å². The van der Waals surface area contributed by atoms with Crippen LogP contribution in [0.25, 0.3) is 0 Å². The summed E-state index contributed by atoms with van der Waals surface area (Å²) in [6.07, 6.45) is 3.37. The molecule has 2 amide bonds. The van der Waals surface area contributed by atoms with Gasteiger partial charge in [-0.3, -0.25) is 19.1 Å². The summed E-state index contributed by atoms with van der Waals surface area (Å²) < 4.78 is 41.8. The maximum atomic E-state index is 13.8. The smallest absolute Gasteiger partial charge is 0.276 e. The van der Waals surface area contributed by atoms with Gasteiger partial charge in [-0.25, -0.2) is 13.2 Å². The fraction of sp³-hybridized carbons (Fsp3) is 0.381. The van der Waals surface area contributed by atoms with E-state index in [0.717, 1.165) is 30.1 Å². The van der Waals surface area contributed by atoms with E-state index in [1.807, 2.05) is 6.92 Å². The standard InChI is InChI=1S/C21H23F3N4O4/c1-11-5-3-4-6-27(2)21(32)17-19(30)18(29)14(10-28(17)26-11)20(31)25-9-13-15(23)7-12(22)8-16(13)24/h7-8,10-11,26,30H,3-6,9H2,1-2H3,(H,25,31). The van der Waals surface area contributed by atoms with Gasteiger partial charge >= 0.3 is 0 Å². The number of aromatic hydroxyl groups is 1. The lowest BCUT2D eigenvalue weighted by molar-refractivity contribution is 0.0774. The zero-order valence-electron chi connectivity index (χ0n) is 17.5. The molecule has 1 atom stereocenters. The molecule has 0 saturated heterocycles. The molecule has 1 aromatic carbocycles. The van der Waals surface area contributed by atoms with Gasteiger partial charge in [-0.2, -0.15) is 0 Å². The number of pyridine rings is 1. The molecule has 1 aliphatic heterocycles. The van der Waals surface area contributed by atoms with Crippen molar-refractivity contribution in [1.82, 2.24) is 14.9 Å². The third-order valence-corrected chi connectivity index (χ3v) is 5.25. The number of carbonyl (C=O) groups excluding carboxylic acids is 2. The highest BCUT2D eigenvalue weighted by Gasteiger charge is 2.27. The van der Waals surface area contributed by atoms with Crippen LogP contribution in [0.3, 0.4) is 0 Å². The Hall–Kier alpha value is -3.50. The summed E-state index contributed by atoms with van der Waals surface area (Å²) in [4.78, 5) is 39.4. The lowest BCUT2D eigenvalue weighted by Crippen LogP contribution is -2.39. The van der Waals surface area contributed by atoms with Gasteiger partial charge in [0.05, 0.1) is 0 Å². The summed E-state index contributed by atoms with van der Waals surface area (Å²) in [5.41, 5.74) is 0.410. The minimum atomic E-state index is -1.20. The van der Waals surface area contributed by atoms with E-state index >= 15 is 0 Å². The first-order valence-electron chi connectivity index (χ1n) is 10.0. The van der Waals surface area contributed by atoms with Crippen LogP contribution in [0.1, 0.15) is 52.6 Å². The molecule has 32 heavy (non-hydrogen) atoms. The second-order valence-electron chi connectivity index (χ2n) is 7.72. The highest BCUT2D eigenvalue weighted by molar-refractivity contribution is 5.98. The van der Waals surface area contributed by atoms with Gasteiger partial charge in [-0.15, -0.1) is 0 Å². The number of nitrogens with zero attached hydrogens (tertiary/aromatic N) is 2. The molecule has 0 saturated carbocycles. The molecule has 0 bridgehead atoms. The first-order valence-corrected chi connectivity index (χ1v) is 10.0. The number of amides is 2. The molecular weight excluding hydrogens is 429 g/mol. The Kier molecular flexibility index (Phi) is 6.75. The highest BCUT2D eigenvalue weighted by Crippen LogP contribution is 2.19. The van der Waals surface area contributed by atoms with Crippen molar-refractivity contribution in [3.05, 3.63) is 62.8 Å². The Morgan fingerprint density at radius 1 is 1.22 bits per heavy atom. The number of carbonyl (C=O) groups is 2. The molecule has 1 aliphatic rings. The molecule has 2 heterocycles. The summed E-state index contributed by atoms with van der Waals surface area (Å²) in [6.45, 7) is 1.61. The molecule has 172 valence electrons. The van der Waals surface area contributed by atoms with Crippen molar-refractivity contribution < 1.29 is 27.9 Å². The minimum Gasteiger partial charge on any atom is -0.502 e. The molecule has 8 nitrogen and oxygen atoms in total. The number of aromatic nitrogens is 1. The van der Waals surface area contributed by atoms with Gasteiger partial charge in [0, 0.05) is 50.1 Å². The fourth-order valence-corrected chi connectivity index (χ4v) is 3.46. The molecular formula is C21H23F3N4O4. The number of nitrogens with one attached hydrogen (secondary N) is 2. The number of hydrogen-bond acceptors (Lipinski definition) is 5. The van der Waals surface area contributed by atoms with Crippen molar-refractivity contribution in [3.8, 4) is 5.75 Å². The zero-order valence-corrected chi connectivity index (χ0v) is 17.5. The summed E-state index contributed by atoms with van der Waals surface area (Å²) in [7, 11) is 1.54. The van der Waals surface area contributed by atoms with Gasteiger partial charge in [-0.1, -0.05) is 0 Å². The third kappa shape index (κ3) is 4.71. The van der Waals surface area contributed by atoms with E-state index in [1.165, 1.54) is 11.9 Å². The maximum absolute atomic E-state index is 13.8. The number of halogens is 3. The molecule has 3 rings (SSSR count). The summed E-state index contributed by atoms with van der Waals surface area (Å²) in [5.74, 6) is -6.07. The van der Waals surface area contributed by atoms with Gasteiger partial charge < -0.3 is 20.7 Å². The lowest BCUT2D eigenvalue weighted by atomic mass is 10.1. The van der Waals surface area contributed by atoms with Crippen molar-refractivity contribution >= 4 is 11.8 Å². The SMILES string of the molecule is CC1CCCCN(C)C(=O)c2c(O)c(=O)c(C(=O)NCc3c(F)cc(F)cc3F)cn2N1. The number of hydrogen-bond donors (Lipinski definition) is 3. The van der Waals surface area contributed by atoms with E-state index in [1.54, 1.807) is 0 Å². The second-order valence-corrected chi connectivity index (χ2v) is 7.72. The molecule has 2 aromatic rings. The molecule has 1 unspecified atom stereocenters. The van der Waals surface area contributed by atoms with Crippen LogP contribution in [0.15, 0.2) is 23.1 Å². The van der Waals surface area contributed by atoms with Crippen LogP contribution in [0, 0.1) is 17.5 Å². The molecule has 0 aliphatic carbocycles. The molecule has 1 aromatic heterocycles. The first kappa shape index (κ1) is 23.2. The van der Waals surface area contributed by atoms with Crippen molar-refractivity contribution in [3.63, 3.8) is 0 Å². The quantitative estimate of drug-likeness (QED) is 0.662. The summed E-state index contributed by atoms with van der Waals surface area (Å²) in [5, 5.41) is 12.7. The van der Waals surface area contributed by atoms with Gasteiger partial charge in [0.15, 0.2) is 11.4 Å². The number of benzene rings is 1. The van der Waals surface area contributed by atoms with Gasteiger partial charge in [0.25, 0.3) is 11.8 Å². The van der Waals surface area contributed by atoms with Gasteiger partial charge in [-0.05, 0) is 26.2 Å². The van der Waals surface area contributed by atoms with Crippen molar-refractivity contribution in [2.24, 2.45) is 0 Å². The van der Waals surface area contributed by atoms with Crippen LogP contribution in [-0.2, 0) is 6.54 Å². The zero-order chi connectivity index (χ0) is 23.6. The van der Waals surface area contributed by atoms with Gasteiger partial charge in [0.2, 0.25) is 5.43 Å². The summed E-state index contributed by atoms with van der Waals surface area (Å²) >= 11 is 0. The van der Waals surface area contributed by atoms with E-state index in [9.17, 15) is 32.7 Å². The Morgan fingerprint density at radius 2 is 1.88 bits per heavy atom. The molecule has 11 heteroatoms. The Balaban J connectivity index is 1.96. The number of fused-ring (bicyclic) bond motifs is 1. The van der Waals surface area contributed by atoms with Crippen LogP contribution in [0.4, 0.5) is 13.2 Å². The van der Waals surface area contributed by atoms with Crippen molar-refractivity contribution in [2.75, 3.05) is 19.0 Å². The molecule has 0 fully saturated rings. The van der Waals surface area contributed by atoms with Gasteiger partial charge in [0.1, 0.15) is 23.0 Å². The predicted octanol–water partition coefficient (Wildman–Crippen LogP) is 2.09. The van der Waals surface area contributed by atoms with Crippen molar-refractivity contribution in [2.45, 2.75) is 38.8 Å². The third-order valence-electron chi connectivity index (χ3n) is 5.25. The topological polar surface area (TPSA) is 104 Å². The van der Waals surface area contributed by atoms with E-state index < -0.39 is 58.1 Å². The largest absolute Gasteiger partial charge is 0.502 e. The number of rotatable bonds is 3. The molecule has 0 radical (unpaired) electrons. The Morgan fingerprint density at radius 3 is 2.53 bits per heavy atom. The molecule has 0 spiro atoms. The average molecular weight is 452 g/mol. The second kappa shape index (κ2) is 9.33. The van der Waals surface area contributed by atoms with Crippen LogP contribution in [0.5, 0.6) is 5.75 Å². The van der Waals surface area contributed by atoms with Crippen molar-refractivity contribution in [1.29, 1.82) is 0 Å². The highest BCUT2D eigenvalue weighted by atomic mass is 19.1. The van der Waals surface area contributed by atoms with Crippen LogP contribution >= 0.6 is 0 Å². The maximum Gasteiger partial charge on any atom is 0.276 e. The monoisotopic (exact) mass is 452 g/mol. The van der Waals surface area contributed by atoms with E-state index in [4.69, 9.17) is 0 Å². The van der Waals surface area contributed by atoms with E-state index in [-0.39, 0.29) is 11.7 Å². The van der Waals surface area contributed by atoms with Crippen LogP contribution in [0.2, 0.25) is 0 Å². The molecule has 3 N–H and O–H groups in total. The lowest BCUT2D eigenvalue weighted by Gasteiger charge is -2.26. The predicted molar refractivity (Wildman–Crippen MR) is 109 cm³/mol. The van der Waals surface area contributed by atoms with E-state index in [2.05, 4.69) is 10.7 Å². The fourth-order valence-electron chi connectivity index (χ4n) is 3.46. The average Bonchev–Trinajstić information content (AvgIpc) is 2.71. The normalized spacial score (nSPS) is 16.8. The summed E-state index contributed by atoms with van der Waals surface area (Å²) in [6, 6.07) is 0.788. The van der Waals surface area contributed by atoms with E-state index in [0.29, 0.717) is 18.7 Å². The minimum absolute atomic E-state index is 0.148. The Bertz CT molecular complexity index is 1100. The van der Waals surface area contributed by atoms with Crippen LogP contribution < -0.4 is 16.2 Å². The Labute approximate surface area is 181 Å². The first-order chi connectivity index (χ1) is 15.1.